The number of anilines is 1. The number of methoxy groups -OCH3 is 1. The molecule has 1 aliphatic heterocycles. The van der Waals surface area contributed by atoms with E-state index in [4.69, 9.17) is 14.7 Å². The van der Waals surface area contributed by atoms with Crippen molar-refractivity contribution < 1.29 is 21.5 Å². The maximum absolute atomic E-state index is 11.1. The monoisotopic (exact) mass is 260 g/mol. The van der Waals surface area contributed by atoms with Crippen LogP contribution >= 0.6 is 0 Å². The molecule has 0 aromatic heterocycles. The Morgan fingerprint density at radius 2 is 2.12 bits per heavy atom. The van der Waals surface area contributed by atoms with Crippen LogP contribution in [0.15, 0.2) is 18.2 Å². The van der Waals surface area contributed by atoms with Crippen LogP contribution in [0.1, 0.15) is 6.92 Å². The van der Waals surface area contributed by atoms with Gasteiger partial charge in [0.05, 0.1) is 5.69 Å². The maximum atomic E-state index is 11.1. The molecular formula is C9H12N2O5S. The molecule has 2 rings (SSSR count). The van der Waals surface area contributed by atoms with Gasteiger partial charge in [0.1, 0.15) is 0 Å². The zero-order chi connectivity index (χ0) is 12.7. The number of fused-ring (bicyclic) bond motifs is 1. The van der Waals surface area contributed by atoms with E-state index < -0.39 is 16.2 Å². The standard InChI is InChI=1S/C9H12N2O5S/c1-9(10,14-2)11-6-4-3-5-7-8(6)16-17(12,13)15-7/h3-5,11H,10H2,1-2H3. The van der Waals surface area contributed by atoms with Crippen LogP contribution in [0.25, 0.3) is 0 Å². The van der Waals surface area contributed by atoms with Crippen molar-refractivity contribution >= 4 is 16.1 Å². The molecule has 0 radical (unpaired) electrons. The molecule has 1 aromatic carbocycles. The highest BCUT2D eigenvalue weighted by Gasteiger charge is 2.32. The Bertz CT molecular complexity index is 540. The van der Waals surface area contributed by atoms with E-state index in [2.05, 4.69) is 9.50 Å². The molecule has 1 aromatic rings. The van der Waals surface area contributed by atoms with Crippen molar-refractivity contribution in [3.05, 3.63) is 18.2 Å². The Morgan fingerprint density at radius 3 is 2.76 bits per heavy atom. The summed E-state index contributed by atoms with van der Waals surface area (Å²) in [6, 6.07) is 4.69. The summed E-state index contributed by atoms with van der Waals surface area (Å²) in [4.78, 5) is 0. The normalized spacial score (nSPS) is 19.7. The van der Waals surface area contributed by atoms with Gasteiger partial charge in [0.25, 0.3) is 0 Å². The fraction of sp³-hybridized carbons (Fsp3) is 0.333. The number of rotatable bonds is 3. The first-order chi connectivity index (χ1) is 7.83. The Labute approximate surface area is 98.8 Å². The lowest BCUT2D eigenvalue weighted by Gasteiger charge is -2.25. The van der Waals surface area contributed by atoms with Gasteiger partial charge in [-0.25, -0.2) is 0 Å². The quantitative estimate of drug-likeness (QED) is 0.758. The topological polar surface area (TPSA) is 99.9 Å². The van der Waals surface area contributed by atoms with E-state index in [0.717, 1.165) is 0 Å². The minimum atomic E-state index is -4.01. The molecule has 1 unspecified atom stereocenters. The molecule has 0 saturated heterocycles. The summed E-state index contributed by atoms with van der Waals surface area (Å²) in [6.45, 7) is 1.58. The molecule has 0 bridgehead atoms. The molecule has 1 atom stereocenters. The number of para-hydroxylation sites is 1. The van der Waals surface area contributed by atoms with Crippen molar-refractivity contribution in [3.63, 3.8) is 0 Å². The minimum absolute atomic E-state index is 0.0706. The van der Waals surface area contributed by atoms with Crippen LogP contribution in [-0.4, -0.2) is 21.4 Å². The Kier molecular flexibility index (Phi) is 2.64. The van der Waals surface area contributed by atoms with Crippen LogP contribution in [0.3, 0.4) is 0 Å². The van der Waals surface area contributed by atoms with Crippen LogP contribution in [0, 0.1) is 0 Å². The molecule has 0 aliphatic carbocycles. The third kappa shape index (κ3) is 2.43. The van der Waals surface area contributed by atoms with Crippen molar-refractivity contribution in [2.24, 2.45) is 5.73 Å². The Morgan fingerprint density at radius 1 is 1.41 bits per heavy atom. The van der Waals surface area contributed by atoms with Crippen LogP contribution in [0.5, 0.6) is 11.5 Å². The molecule has 1 aliphatic rings. The number of nitrogens with two attached hydrogens (primary N) is 1. The number of ether oxygens (including phenoxy) is 1. The van der Waals surface area contributed by atoms with Gasteiger partial charge in [-0.15, -0.1) is 8.42 Å². The highest BCUT2D eigenvalue weighted by atomic mass is 32.3. The average Bonchev–Trinajstić information content (AvgIpc) is 2.53. The van der Waals surface area contributed by atoms with E-state index in [1.165, 1.54) is 13.2 Å². The number of benzene rings is 1. The summed E-state index contributed by atoms with van der Waals surface area (Å²) in [5.74, 6) is -0.965. The summed E-state index contributed by atoms with van der Waals surface area (Å²) in [7, 11) is -2.59. The fourth-order valence-corrected chi connectivity index (χ4v) is 2.07. The van der Waals surface area contributed by atoms with Crippen molar-refractivity contribution in [2.45, 2.75) is 12.8 Å². The first-order valence-corrected chi connectivity index (χ1v) is 6.05. The molecule has 94 valence electrons. The highest BCUT2D eigenvalue weighted by molar-refractivity contribution is 7.82. The van der Waals surface area contributed by atoms with Gasteiger partial charge in [0.15, 0.2) is 11.6 Å². The molecule has 0 fully saturated rings. The summed E-state index contributed by atoms with van der Waals surface area (Å²) < 4.78 is 36.6. The predicted molar refractivity (Wildman–Crippen MR) is 59.8 cm³/mol. The van der Waals surface area contributed by atoms with E-state index in [1.807, 2.05) is 0 Å². The summed E-state index contributed by atoms with van der Waals surface area (Å²) in [6.07, 6.45) is 0. The fourth-order valence-electron chi connectivity index (χ4n) is 1.31. The average molecular weight is 260 g/mol. The van der Waals surface area contributed by atoms with E-state index in [1.54, 1.807) is 19.1 Å². The predicted octanol–water partition coefficient (Wildman–Crippen LogP) is 0.393. The van der Waals surface area contributed by atoms with E-state index >= 15 is 0 Å². The van der Waals surface area contributed by atoms with Gasteiger partial charge in [0.2, 0.25) is 5.75 Å². The highest BCUT2D eigenvalue weighted by Crippen LogP contribution is 2.42. The molecule has 3 N–H and O–H groups in total. The summed E-state index contributed by atoms with van der Waals surface area (Å²) in [5.41, 5.74) is 6.10. The molecule has 8 heteroatoms. The van der Waals surface area contributed by atoms with Gasteiger partial charge in [-0.3, -0.25) is 5.73 Å². The zero-order valence-corrected chi connectivity index (χ0v) is 10.1. The van der Waals surface area contributed by atoms with Gasteiger partial charge in [-0.05, 0) is 19.1 Å². The minimum Gasteiger partial charge on any atom is -0.349 e. The zero-order valence-electron chi connectivity index (χ0n) is 9.26. The molecule has 17 heavy (non-hydrogen) atoms. The first-order valence-electron chi connectivity index (χ1n) is 4.72. The first kappa shape index (κ1) is 12.0. The maximum Gasteiger partial charge on any atom is 0.501 e. The van der Waals surface area contributed by atoms with Crippen LogP contribution in [-0.2, 0) is 15.1 Å². The smallest absolute Gasteiger partial charge is 0.349 e. The van der Waals surface area contributed by atoms with Gasteiger partial charge in [-0.2, -0.15) is 0 Å². The van der Waals surface area contributed by atoms with Crippen molar-refractivity contribution in [1.29, 1.82) is 0 Å². The summed E-state index contributed by atoms with van der Waals surface area (Å²) >= 11 is 0. The molecule has 0 saturated carbocycles. The number of hydrogen-bond donors (Lipinski definition) is 2. The molecule has 1 heterocycles. The van der Waals surface area contributed by atoms with E-state index in [0.29, 0.717) is 5.69 Å². The van der Waals surface area contributed by atoms with Crippen molar-refractivity contribution in [3.8, 4) is 11.5 Å². The number of nitrogens with one attached hydrogen (secondary N) is 1. The molecule has 0 amide bonds. The Hall–Kier alpha value is -1.51. The second-order valence-corrected chi connectivity index (χ2v) is 4.79. The lowest BCUT2D eigenvalue weighted by Crippen LogP contribution is -2.46. The molecule has 0 spiro atoms. The Balaban J connectivity index is 2.37. The molecule has 7 nitrogen and oxygen atoms in total. The van der Waals surface area contributed by atoms with Crippen LogP contribution in [0.4, 0.5) is 5.69 Å². The van der Waals surface area contributed by atoms with Crippen molar-refractivity contribution in [2.75, 3.05) is 12.4 Å². The lowest BCUT2D eigenvalue weighted by molar-refractivity contribution is 0.0368. The van der Waals surface area contributed by atoms with E-state index in [-0.39, 0.29) is 11.5 Å². The SMILES string of the molecule is COC(C)(N)Nc1cccc2c1OS(=O)(=O)O2. The van der Waals surface area contributed by atoms with E-state index in [9.17, 15) is 8.42 Å². The second-order valence-electron chi connectivity index (χ2n) is 3.64. The molecular weight excluding hydrogens is 248 g/mol. The van der Waals surface area contributed by atoms with Crippen LogP contribution < -0.4 is 19.4 Å². The number of hydrogen-bond acceptors (Lipinski definition) is 7. The third-order valence-electron chi connectivity index (χ3n) is 2.16. The van der Waals surface area contributed by atoms with Gasteiger partial charge in [0, 0.05) is 7.11 Å². The third-order valence-corrected chi connectivity index (χ3v) is 2.92. The van der Waals surface area contributed by atoms with Crippen molar-refractivity contribution in [1.82, 2.24) is 0 Å². The van der Waals surface area contributed by atoms with Gasteiger partial charge in [-0.1, -0.05) is 6.07 Å². The van der Waals surface area contributed by atoms with Crippen LogP contribution in [0.2, 0.25) is 0 Å². The van der Waals surface area contributed by atoms with Gasteiger partial charge >= 0.3 is 10.4 Å². The van der Waals surface area contributed by atoms with Gasteiger partial charge < -0.3 is 18.4 Å². The lowest BCUT2D eigenvalue weighted by atomic mass is 10.2. The largest absolute Gasteiger partial charge is 0.501 e. The second kappa shape index (κ2) is 3.76. The summed E-state index contributed by atoms with van der Waals surface area (Å²) in [5, 5.41) is 2.79.